The quantitative estimate of drug-likeness (QED) is 0.208. The summed E-state index contributed by atoms with van der Waals surface area (Å²) in [7, 11) is 0. The van der Waals surface area contributed by atoms with Gasteiger partial charge in [0.05, 0.1) is 16.7 Å². The Bertz CT molecular complexity index is 1360. The maximum Gasteiger partial charge on any atom is 0.291 e. The van der Waals surface area contributed by atoms with Crippen LogP contribution in [0.1, 0.15) is 27.4 Å². The SMILES string of the molecule is Cc1cc(C)cc(Oc2cc(NC(=O)c3ccc(COc4ccc(Cl)cc4)o3)cc([N+](=O)[O-])c2)c1. The number of carbonyl (C=O) groups excluding carboxylic acids is 1. The van der Waals surface area contributed by atoms with Gasteiger partial charge in [-0.3, -0.25) is 14.9 Å². The van der Waals surface area contributed by atoms with Crippen LogP contribution in [-0.2, 0) is 6.61 Å². The van der Waals surface area contributed by atoms with Crippen molar-refractivity contribution < 1.29 is 23.6 Å². The van der Waals surface area contributed by atoms with Crippen LogP contribution >= 0.6 is 11.6 Å². The van der Waals surface area contributed by atoms with Gasteiger partial charge in [0.25, 0.3) is 11.6 Å². The van der Waals surface area contributed by atoms with Crippen molar-refractivity contribution in [1.82, 2.24) is 0 Å². The number of ether oxygens (including phenoxy) is 2. The minimum atomic E-state index is -0.569. The molecule has 1 N–H and O–H groups in total. The fourth-order valence-corrected chi connectivity index (χ4v) is 3.53. The second-order valence-electron chi connectivity index (χ2n) is 7.86. The number of anilines is 1. The summed E-state index contributed by atoms with van der Waals surface area (Å²) in [6.07, 6.45) is 0. The molecule has 0 aliphatic carbocycles. The highest BCUT2D eigenvalue weighted by molar-refractivity contribution is 6.30. The van der Waals surface area contributed by atoms with Crippen molar-refractivity contribution in [1.29, 1.82) is 0 Å². The zero-order valence-electron chi connectivity index (χ0n) is 18.9. The highest BCUT2D eigenvalue weighted by Gasteiger charge is 2.16. The van der Waals surface area contributed by atoms with E-state index in [0.29, 0.717) is 22.3 Å². The lowest BCUT2D eigenvalue weighted by Gasteiger charge is -2.10. The number of aryl methyl sites for hydroxylation is 2. The van der Waals surface area contributed by atoms with Crippen molar-refractivity contribution in [3.63, 3.8) is 0 Å². The van der Waals surface area contributed by atoms with Gasteiger partial charge >= 0.3 is 0 Å². The highest BCUT2D eigenvalue weighted by atomic mass is 35.5. The second kappa shape index (κ2) is 10.3. The Hall–Kier alpha value is -4.30. The molecule has 0 saturated carbocycles. The van der Waals surface area contributed by atoms with E-state index in [1.165, 1.54) is 24.3 Å². The summed E-state index contributed by atoms with van der Waals surface area (Å²) in [5.41, 5.74) is 1.96. The fourth-order valence-electron chi connectivity index (χ4n) is 3.40. The number of hydrogen-bond acceptors (Lipinski definition) is 6. The Labute approximate surface area is 206 Å². The van der Waals surface area contributed by atoms with Gasteiger partial charge in [-0.2, -0.15) is 0 Å². The predicted molar refractivity (Wildman–Crippen MR) is 132 cm³/mol. The van der Waals surface area contributed by atoms with E-state index in [2.05, 4.69) is 5.32 Å². The maximum absolute atomic E-state index is 12.7. The van der Waals surface area contributed by atoms with Gasteiger partial charge in [0.15, 0.2) is 5.76 Å². The van der Waals surface area contributed by atoms with E-state index >= 15 is 0 Å². The summed E-state index contributed by atoms with van der Waals surface area (Å²) in [6, 6.07) is 19.7. The molecular formula is C26H21ClN2O6. The summed E-state index contributed by atoms with van der Waals surface area (Å²) < 4.78 is 17.0. The first-order valence-corrected chi connectivity index (χ1v) is 11.0. The van der Waals surface area contributed by atoms with Crippen molar-refractivity contribution in [3.8, 4) is 17.2 Å². The van der Waals surface area contributed by atoms with Gasteiger partial charge in [-0.05, 0) is 73.5 Å². The van der Waals surface area contributed by atoms with Crippen LogP contribution in [0.4, 0.5) is 11.4 Å². The Balaban J connectivity index is 1.47. The molecule has 1 amide bonds. The average Bonchev–Trinajstić information content (AvgIpc) is 3.27. The van der Waals surface area contributed by atoms with Crippen LogP contribution in [0.25, 0.3) is 0 Å². The van der Waals surface area contributed by atoms with E-state index in [1.807, 2.05) is 32.0 Å². The van der Waals surface area contributed by atoms with Crippen molar-refractivity contribution in [2.75, 3.05) is 5.32 Å². The molecule has 4 rings (SSSR count). The van der Waals surface area contributed by atoms with Crippen LogP contribution in [0, 0.1) is 24.0 Å². The lowest BCUT2D eigenvalue weighted by Crippen LogP contribution is -2.11. The summed E-state index contributed by atoms with van der Waals surface area (Å²) >= 11 is 5.86. The molecule has 0 atom stereocenters. The number of nitrogens with one attached hydrogen (secondary N) is 1. The van der Waals surface area contributed by atoms with E-state index < -0.39 is 10.8 Å². The van der Waals surface area contributed by atoms with Crippen LogP contribution < -0.4 is 14.8 Å². The van der Waals surface area contributed by atoms with Crippen LogP contribution in [-0.4, -0.2) is 10.8 Å². The minimum absolute atomic E-state index is 0.0305. The number of hydrogen-bond donors (Lipinski definition) is 1. The van der Waals surface area contributed by atoms with Crippen molar-refractivity contribution in [2.45, 2.75) is 20.5 Å². The normalized spacial score (nSPS) is 10.6. The third kappa shape index (κ3) is 6.39. The second-order valence-corrected chi connectivity index (χ2v) is 8.30. The number of rotatable bonds is 8. The molecule has 0 bridgehead atoms. The minimum Gasteiger partial charge on any atom is -0.486 e. The molecule has 178 valence electrons. The molecule has 0 radical (unpaired) electrons. The van der Waals surface area contributed by atoms with Crippen LogP contribution in [0.3, 0.4) is 0 Å². The molecule has 0 spiro atoms. The Morgan fingerprint density at radius 2 is 1.63 bits per heavy atom. The van der Waals surface area contributed by atoms with E-state index in [-0.39, 0.29) is 29.5 Å². The molecule has 0 fully saturated rings. The predicted octanol–water partition coefficient (Wildman–Crippen LogP) is 7.08. The molecular weight excluding hydrogens is 472 g/mol. The molecule has 0 aliphatic heterocycles. The number of nitrogens with zero attached hydrogens (tertiary/aromatic N) is 1. The molecule has 1 aromatic heterocycles. The topological polar surface area (TPSA) is 104 Å². The molecule has 0 aliphatic rings. The van der Waals surface area contributed by atoms with E-state index in [9.17, 15) is 14.9 Å². The number of furan rings is 1. The van der Waals surface area contributed by atoms with Crippen molar-refractivity contribution in [2.24, 2.45) is 0 Å². The zero-order valence-corrected chi connectivity index (χ0v) is 19.7. The number of nitro groups is 1. The number of non-ortho nitro benzene ring substituents is 1. The first-order valence-electron chi connectivity index (χ1n) is 10.6. The van der Waals surface area contributed by atoms with Gasteiger partial charge in [0.2, 0.25) is 0 Å². The monoisotopic (exact) mass is 492 g/mol. The summed E-state index contributed by atoms with van der Waals surface area (Å²) in [6.45, 7) is 3.97. The van der Waals surface area contributed by atoms with Gasteiger partial charge in [-0.1, -0.05) is 17.7 Å². The Morgan fingerprint density at radius 1 is 0.943 bits per heavy atom. The fraction of sp³-hybridized carbons (Fsp3) is 0.115. The molecule has 8 nitrogen and oxygen atoms in total. The number of halogens is 1. The van der Waals surface area contributed by atoms with E-state index in [0.717, 1.165) is 11.1 Å². The molecule has 1 heterocycles. The van der Waals surface area contributed by atoms with Crippen molar-refractivity contribution in [3.05, 3.63) is 111 Å². The highest BCUT2D eigenvalue weighted by Crippen LogP contribution is 2.31. The third-order valence-corrected chi connectivity index (χ3v) is 5.12. The molecule has 9 heteroatoms. The van der Waals surface area contributed by atoms with Gasteiger partial charge in [0, 0.05) is 17.2 Å². The van der Waals surface area contributed by atoms with Crippen LogP contribution in [0.2, 0.25) is 5.02 Å². The van der Waals surface area contributed by atoms with Crippen molar-refractivity contribution >= 4 is 28.9 Å². The third-order valence-electron chi connectivity index (χ3n) is 4.87. The number of amides is 1. The van der Waals surface area contributed by atoms with Gasteiger partial charge < -0.3 is 19.2 Å². The summed E-state index contributed by atoms with van der Waals surface area (Å²) in [5.74, 6) is 1.25. The molecule has 0 unspecified atom stereocenters. The van der Waals surface area contributed by atoms with Gasteiger partial charge in [-0.15, -0.1) is 0 Å². The maximum atomic E-state index is 12.7. The van der Waals surface area contributed by atoms with Gasteiger partial charge in [0.1, 0.15) is 29.6 Å². The average molecular weight is 493 g/mol. The van der Waals surface area contributed by atoms with E-state index in [1.54, 1.807) is 30.3 Å². The number of carbonyl (C=O) groups is 1. The Kier molecular flexibility index (Phi) is 7.03. The summed E-state index contributed by atoms with van der Waals surface area (Å²) in [4.78, 5) is 23.6. The summed E-state index contributed by atoms with van der Waals surface area (Å²) in [5, 5.41) is 14.6. The molecule has 0 saturated heterocycles. The Morgan fingerprint density at radius 3 is 2.31 bits per heavy atom. The zero-order chi connectivity index (χ0) is 24.9. The number of nitro benzene ring substituents is 1. The first-order chi connectivity index (χ1) is 16.7. The van der Waals surface area contributed by atoms with E-state index in [4.69, 9.17) is 25.5 Å². The first kappa shape index (κ1) is 23.8. The van der Waals surface area contributed by atoms with Crippen LogP contribution in [0.15, 0.2) is 77.2 Å². The largest absolute Gasteiger partial charge is 0.486 e. The molecule has 3 aromatic carbocycles. The van der Waals surface area contributed by atoms with Crippen LogP contribution in [0.5, 0.6) is 17.2 Å². The lowest BCUT2D eigenvalue weighted by molar-refractivity contribution is -0.384. The standard InChI is InChI=1S/C26H21ClN2O6/c1-16-9-17(2)11-23(10-16)34-24-13-19(12-20(14-24)29(31)32)28-26(30)25-8-7-22(35-25)15-33-21-5-3-18(27)4-6-21/h3-14H,15H2,1-2H3,(H,28,30). The molecule has 4 aromatic rings. The molecule has 35 heavy (non-hydrogen) atoms. The van der Waals surface area contributed by atoms with Gasteiger partial charge in [-0.25, -0.2) is 0 Å². The lowest BCUT2D eigenvalue weighted by atomic mass is 10.1. The smallest absolute Gasteiger partial charge is 0.291 e. The number of benzene rings is 3.